The molecule has 0 bridgehead atoms. The van der Waals surface area contributed by atoms with Crippen LogP contribution in [-0.2, 0) is 0 Å². The molecule has 0 spiro atoms. The van der Waals surface area contributed by atoms with Gasteiger partial charge in [0, 0.05) is 30.3 Å². The van der Waals surface area contributed by atoms with Crippen LogP contribution < -0.4 is 10.1 Å². The lowest BCUT2D eigenvalue weighted by Crippen LogP contribution is -2.39. The van der Waals surface area contributed by atoms with Crippen LogP contribution in [0.5, 0.6) is 5.75 Å². The Bertz CT molecular complexity index is 1090. The Morgan fingerprint density at radius 1 is 1.19 bits per heavy atom. The number of carbonyl (C=O) groups excluding carboxylic acids is 2. The monoisotopic (exact) mass is 440 g/mol. The van der Waals surface area contributed by atoms with Gasteiger partial charge in [0.15, 0.2) is 0 Å². The van der Waals surface area contributed by atoms with Crippen molar-refractivity contribution >= 4 is 28.8 Å². The zero-order valence-electron chi connectivity index (χ0n) is 16.9. The molecule has 4 rings (SSSR count). The van der Waals surface area contributed by atoms with Crippen LogP contribution in [0, 0.1) is 5.82 Å². The summed E-state index contributed by atoms with van der Waals surface area (Å²) in [6, 6.07) is 12.7. The van der Waals surface area contributed by atoms with Gasteiger partial charge in [-0.2, -0.15) is 0 Å². The average Bonchev–Trinajstić information content (AvgIpc) is 3.29. The average molecular weight is 441 g/mol. The number of hydrogen-bond donors (Lipinski definition) is 1. The van der Waals surface area contributed by atoms with Crippen molar-refractivity contribution in [1.29, 1.82) is 0 Å². The van der Waals surface area contributed by atoms with Gasteiger partial charge in [-0.3, -0.25) is 9.59 Å². The Hall–Kier alpha value is -3.33. The fourth-order valence-electron chi connectivity index (χ4n) is 3.52. The quantitative estimate of drug-likeness (QED) is 0.649. The summed E-state index contributed by atoms with van der Waals surface area (Å²) in [5, 5.41) is 11.7. The van der Waals surface area contributed by atoms with Crippen LogP contribution in [0.3, 0.4) is 0 Å². The van der Waals surface area contributed by atoms with E-state index < -0.39 is 11.7 Å². The molecule has 1 saturated heterocycles. The molecule has 2 amide bonds. The molecule has 0 radical (unpaired) electrons. The van der Waals surface area contributed by atoms with Crippen LogP contribution in [-0.4, -0.2) is 47.1 Å². The lowest BCUT2D eigenvalue weighted by Gasteiger charge is -2.31. The number of ether oxygens (including phenoxy) is 1. The van der Waals surface area contributed by atoms with Crippen LogP contribution in [0.25, 0.3) is 0 Å². The normalized spacial score (nSPS) is 16.1. The summed E-state index contributed by atoms with van der Waals surface area (Å²) in [6.45, 7) is 1.19. The molecular weight excluding hydrogens is 419 g/mol. The minimum Gasteiger partial charge on any atom is -0.497 e. The third-order valence-corrected chi connectivity index (χ3v) is 6.20. The van der Waals surface area contributed by atoms with E-state index in [1.54, 1.807) is 37.4 Å². The second-order valence-electron chi connectivity index (χ2n) is 7.23. The number of benzene rings is 2. The highest BCUT2D eigenvalue weighted by Gasteiger charge is 2.28. The zero-order valence-corrected chi connectivity index (χ0v) is 17.7. The zero-order chi connectivity index (χ0) is 21.8. The van der Waals surface area contributed by atoms with E-state index in [2.05, 4.69) is 15.5 Å². The summed E-state index contributed by atoms with van der Waals surface area (Å²) in [5.41, 5.74) is 0.963. The van der Waals surface area contributed by atoms with E-state index in [1.165, 1.54) is 29.5 Å². The summed E-state index contributed by atoms with van der Waals surface area (Å²) < 4.78 is 18.5. The van der Waals surface area contributed by atoms with Crippen LogP contribution in [0.2, 0.25) is 0 Å². The summed E-state index contributed by atoms with van der Waals surface area (Å²) in [4.78, 5) is 27.1. The Balaban J connectivity index is 1.42. The molecule has 1 N–H and O–H groups in total. The smallest absolute Gasteiger partial charge is 0.286 e. The molecule has 1 unspecified atom stereocenters. The van der Waals surface area contributed by atoms with Gasteiger partial charge in [-0.1, -0.05) is 17.4 Å². The third-order valence-electron chi connectivity index (χ3n) is 5.11. The number of aromatic nitrogens is 2. The standard InChI is InChI=1S/C22H21FN4O3S/c1-30-18-9-7-14(8-10-18)22(29)27-11-3-4-15(13-27)20-25-26-21(31-20)19(28)24-17-6-2-5-16(23)12-17/h2,5-10,12,15H,3-4,11,13H2,1H3,(H,24,28). The maximum Gasteiger partial charge on any atom is 0.286 e. The lowest BCUT2D eigenvalue weighted by molar-refractivity contribution is 0.0706. The van der Waals surface area contributed by atoms with Gasteiger partial charge in [-0.15, -0.1) is 10.2 Å². The summed E-state index contributed by atoms with van der Waals surface area (Å²) >= 11 is 1.20. The van der Waals surface area contributed by atoms with Gasteiger partial charge >= 0.3 is 0 Å². The molecular formula is C22H21FN4O3S. The number of carbonyl (C=O) groups is 2. The molecule has 1 atom stereocenters. The predicted molar refractivity (Wildman–Crippen MR) is 115 cm³/mol. The molecule has 1 aromatic heterocycles. The second kappa shape index (κ2) is 9.22. The summed E-state index contributed by atoms with van der Waals surface area (Å²) in [7, 11) is 1.58. The first-order valence-electron chi connectivity index (χ1n) is 9.87. The topological polar surface area (TPSA) is 84.4 Å². The molecule has 1 aliphatic rings. The molecule has 2 aromatic carbocycles. The van der Waals surface area contributed by atoms with Crippen molar-refractivity contribution in [1.82, 2.24) is 15.1 Å². The Morgan fingerprint density at radius 2 is 2.00 bits per heavy atom. The van der Waals surface area contributed by atoms with Gasteiger partial charge in [0.25, 0.3) is 11.8 Å². The van der Waals surface area contributed by atoms with Gasteiger partial charge in [-0.25, -0.2) is 4.39 Å². The van der Waals surface area contributed by atoms with E-state index >= 15 is 0 Å². The number of anilines is 1. The highest BCUT2D eigenvalue weighted by atomic mass is 32.1. The minimum atomic E-state index is -0.434. The van der Waals surface area contributed by atoms with Gasteiger partial charge in [0.05, 0.1) is 7.11 Å². The molecule has 1 aliphatic heterocycles. The van der Waals surface area contributed by atoms with Gasteiger partial charge in [0.2, 0.25) is 5.01 Å². The van der Waals surface area contributed by atoms with Crippen molar-refractivity contribution in [3.05, 3.63) is 69.9 Å². The number of halogens is 1. The Labute approximate surface area is 182 Å². The first-order valence-corrected chi connectivity index (χ1v) is 10.7. The Morgan fingerprint density at radius 3 is 2.74 bits per heavy atom. The van der Waals surface area contributed by atoms with Crippen LogP contribution in [0.15, 0.2) is 48.5 Å². The fraction of sp³-hybridized carbons (Fsp3) is 0.273. The van der Waals surface area contributed by atoms with E-state index in [0.29, 0.717) is 30.1 Å². The number of nitrogens with one attached hydrogen (secondary N) is 1. The van der Waals surface area contributed by atoms with E-state index in [9.17, 15) is 14.0 Å². The highest BCUT2D eigenvalue weighted by Crippen LogP contribution is 2.30. The van der Waals surface area contributed by atoms with Crippen LogP contribution >= 0.6 is 11.3 Å². The molecule has 1 fully saturated rings. The number of piperidine rings is 1. The van der Waals surface area contributed by atoms with E-state index in [4.69, 9.17) is 4.74 Å². The van der Waals surface area contributed by atoms with Gasteiger partial charge in [0.1, 0.15) is 16.6 Å². The molecule has 160 valence electrons. The predicted octanol–water partition coefficient (Wildman–Crippen LogP) is 3.96. The molecule has 7 nitrogen and oxygen atoms in total. The number of hydrogen-bond acceptors (Lipinski definition) is 6. The van der Waals surface area contributed by atoms with Crippen molar-refractivity contribution in [2.45, 2.75) is 18.8 Å². The minimum absolute atomic E-state index is 0.0177. The maximum absolute atomic E-state index is 13.3. The van der Waals surface area contributed by atoms with Gasteiger partial charge < -0.3 is 15.0 Å². The van der Waals surface area contributed by atoms with E-state index in [0.717, 1.165) is 17.8 Å². The van der Waals surface area contributed by atoms with Crippen molar-refractivity contribution in [3.63, 3.8) is 0 Å². The number of nitrogens with zero attached hydrogens (tertiary/aromatic N) is 3. The SMILES string of the molecule is COc1ccc(C(=O)N2CCCC(c3nnc(C(=O)Nc4cccc(F)c4)s3)C2)cc1. The van der Waals surface area contributed by atoms with Crippen molar-refractivity contribution in [3.8, 4) is 5.75 Å². The molecule has 9 heteroatoms. The maximum atomic E-state index is 13.3. The van der Waals surface area contributed by atoms with Crippen LogP contribution in [0.4, 0.5) is 10.1 Å². The van der Waals surface area contributed by atoms with E-state index in [1.807, 2.05) is 4.90 Å². The molecule has 0 saturated carbocycles. The first kappa shape index (κ1) is 20.9. The fourth-order valence-corrected chi connectivity index (χ4v) is 4.39. The van der Waals surface area contributed by atoms with Crippen molar-refractivity contribution in [2.75, 3.05) is 25.5 Å². The molecule has 31 heavy (non-hydrogen) atoms. The van der Waals surface area contributed by atoms with Gasteiger partial charge in [-0.05, 0) is 55.3 Å². The third kappa shape index (κ3) is 4.88. The van der Waals surface area contributed by atoms with Crippen molar-refractivity contribution in [2.24, 2.45) is 0 Å². The second-order valence-corrected chi connectivity index (χ2v) is 8.24. The van der Waals surface area contributed by atoms with Crippen LogP contribution in [0.1, 0.15) is 43.9 Å². The molecule has 0 aliphatic carbocycles. The Kier molecular flexibility index (Phi) is 6.22. The number of likely N-dealkylation sites (tertiary alicyclic amines) is 1. The summed E-state index contributed by atoms with van der Waals surface area (Å²) in [6.07, 6.45) is 1.71. The van der Waals surface area contributed by atoms with Crippen molar-refractivity contribution < 1.29 is 18.7 Å². The first-order chi connectivity index (χ1) is 15.0. The molecule has 3 aromatic rings. The number of amides is 2. The molecule has 2 heterocycles. The largest absolute Gasteiger partial charge is 0.497 e. The lowest BCUT2D eigenvalue weighted by atomic mass is 9.98. The summed E-state index contributed by atoms with van der Waals surface area (Å²) in [5.74, 6) is -0.188. The number of methoxy groups -OCH3 is 1. The number of rotatable bonds is 5. The highest BCUT2D eigenvalue weighted by molar-refractivity contribution is 7.13. The van der Waals surface area contributed by atoms with E-state index in [-0.39, 0.29) is 16.8 Å².